The normalized spacial score (nSPS) is 37.9. The minimum Gasteiger partial charge on any atom is -0.292 e. The Morgan fingerprint density at radius 2 is 1.43 bits per heavy atom. The molecule has 3 fully saturated rings. The van der Waals surface area contributed by atoms with Gasteiger partial charge in [-0.05, 0) is 71.1 Å². The zero-order valence-corrected chi connectivity index (χ0v) is 14.2. The summed E-state index contributed by atoms with van der Waals surface area (Å²) < 4.78 is 0. The van der Waals surface area contributed by atoms with Gasteiger partial charge in [0.2, 0.25) is 0 Å². The third-order valence-corrected chi connectivity index (χ3v) is 6.24. The second kappa shape index (κ2) is 7.15. The molecule has 1 aliphatic heterocycles. The van der Waals surface area contributed by atoms with Crippen LogP contribution in [0.5, 0.6) is 0 Å². The Balaban J connectivity index is 1.74. The van der Waals surface area contributed by atoms with Gasteiger partial charge in [-0.3, -0.25) is 5.01 Å². The van der Waals surface area contributed by atoms with Gasteiger partial charge in [-0.1, -0.05) is 25.7 Å². The molecule has 0 aromatic carbocycles. The quantitative estimate of drug-likeness (QED) is 0.667. The fraction of sp³-hybridized carbons (Fsp3) is 0.947. The van der Waals surface area contributed by atoms with Crippen LogP contribution < -0.4 is 0 Å². The maximum Gasteiger partial charge on any atom is 0.0445 e. The van der Waals surface area contributed by atoms with Crippen LogP contribution in [0.15, 0.2) is 5.10 Å². The van der Waals surface area contributed by atoms with Crippen LogP contribution in [0.2, 0.25) is 0 Å². The highest BCUT2D eigenvalue weighted by Gasteiger charge is 2.31. The van der Waals surface area contributed by atoms with Crippen molar-refractivity contribution in [1.82, 2.24) is 5.01 Å². The van der Waals surface area contributed by atoms with E-state index in [-0.39, 0.29) is 0 Å². The van der Waals surface area contributed by atoms with E-state index in [0.29, 0.717) is 12.1 Å². The summed E-state index contributed by atoms with van der Waals surface area (Å²) in [4.78, 5) is 0. The summed E-state index contributed by atoms with van der Waals surface area (Å²) >= 11 is 0. The molecule has 0 aromatic heterocycles. The molecule has 2 saturated carbocycles. The van der Waals surface area contributed by atoms with E-state index in [1.807, 2.05) is 0 Å². The second-order valence-corrected chi connectivity index (χ2v) is 7.85. The largest absolute Gasteiger partial charge is 0.292 e. The van der Waals surface area contributed by atoms with Crippen LogP contribution >= 0.6 is 0 Å². The van der Waals surface area contributed by atoms with Crippen molar-refractivity contribution in [1.29, 1.82) is 0 Å². The van der Waals surface area contributed by atoms with Crippen molar-refractivity contribution < 1.29 is 0 Å². The highest BCUT2D eigenvalue weighted by Crippen LogP contribution is 2.37. The van der Waals surface area contributed by atoms with E-state index >= 15 is 0 Å². The highest BCUT2D eigenvalue weighted by atomic mass is 15.5. The molecule has 120 valence electrons. The number of hydrogen-bond donors (Lipinski definition) is 0. The van der Waals surface area contributed by atoms with Gasteiger partial charge in [0.15, 0.2) is 0 Å². The van der Waals surface area contributed by atoms with E-state index < -0.39 is 0 Å². The first kappa shape index (κ1) is 15.4. The lowest BCUT2D eigenvalue weighted by Crippen LogP contribution is -2.42. The number of hydrogen-bond acceptors (Lipinski definition) is 2. The molecule has 3 atom stereocenters. The molecule has 1 saturated heterocycles. The molecule has 2 nitrogen and oxygen atoms in total. The number of hydrazone groups is 1. The van der Waals surface area contributed by atoms with Crippen molar-refractivity contribution in [3.63, 3.8) is 0 Å². The van der Waals surface area contributed by atoms with Crippen LogP contribution in [0.4, 0.5) is 0 Å². The fourth-order valence-corrected chi connectivity index (χ4v) is 4.94. The first-order chi connectivity index (χ1) is 10.3. The Morgan fingerprint density at radius 1 is 0.762 bits per heavy atom. The standard InChI is InChI=1S/C19H34N2/c1-15-9-8-10-16(2)21(15)20-19-14-7-6-13-18(19)17-11-4-3-5-12-17/h15-18H,3-14H2,1-2H3. The average Bonchev–Trinajstić information content (AvgIpc) is 2.52. The minimum absolute atomic E-state index is 0.648. The van der Waals surface area contributed by atoms with E-state index in [1.54, 1.807) is 5.71 Å². The Morgan fingerprint density at radius 3 is 2.14 bits per heavy atom. The zero-order valence-electron chi connectivity index (χ0n) is 14.2. The number of piperidine rings is 1. The van der Waals surface area contributed by atoms with Gasteiger partial charge in [-0.25, -0.2) is 0 Å². The fourth-order valence-electron chi connectivity index (χ4n) is 4.94. The average molecular weight is 290 g/mol. The van der Waals surface area contributed by atoms with Gasteiger partial charge in [0.05, 0.1) is 0 Å². The molecule has 0 radical (unpaired) electrons. The SMILES string of the molecule is CC1CCCC(C)N1N=C1CCCCC1C1CCCCC1. The van der Waals surface area contributed by atoms with Crippen molar-refractivity contribution in [2.75, 3.05) is 0 Å². The molecule has 21 heavy (non-hydrogen) atoms. The van der Waals surface area contributed by atoms with Crippen LogP contribution in [-0.2, 0) is 0 Å². The molecule has 0 N–H and O–H groups in total. The molecule has 1 heterocycles. The van der Waals surface area contributed by atoms with Crippen LogP contribution in [0.1, 0.15) is 90.9 Å². The molecule has 0 bridgehead atoms. The summed E-state index contributed by atoms with van der Waals surface area (Å²) in [6, 6.07) is 1.30. The van der Waals surface area contributed by atoms with Crippen molar-refractivity contribution >= 4 is 5.71 Å². The first-order valence-corrected chi connectivity index (χ1v) is 9.61. The van der Waals surface area contributed by atoms with Crippen LogP contribution in [-0.4, -0.2) is 22.8 Å². The smallest absolute Gasteiger partial charge is 0.0445 e. The molecule has 3 unspecified atom stereocenters. The maximum atomic E-state index is 5.26. The van der Waals surface area contributed by atoms with Crippen molar-refractivity contribution in [2.45, 2.75) is 103 Å². The number of nitrogens with zero attached hydrogens (tertiary/aromatic N) is 2. The molecule has 2 aliphatic carbocycles. The Labute approximate surface area is 131 Å². The lowest BCUT2D eigenvalue weighted by molar-refractivity contribution is 0.106. The molecular formula is C19H34N2. The van der Waals surface area contributed by atoms with Gasteiger partial charge in [-0.2, -0.15) is 5.10 Å². The van der Waals surface area contributed by atoms with Crippen LogP contribution in [0.25, 0.3) is 0 Å². The van der Waals surface area contributed by atoms with E-state index in [2.05, 4.69) is 18.9 Å². The van der Waals surface area contributed by atoms with E-state index in [1.165, 1.54) is 77.0 Å². The summed E-state index contributed by atoms with van der Waals surface area (Å²) in [5.74, 6) is 1.77. The lowest BCUT2D eigenvalue weighted by Gasteiger charge is -2.40. The summed E-state index contributed by atoms with van der Waals surface area (Å²) in [5, 5.41) is 7.74. The summed E-state index contributed by atoms with van der Waals surface area (Å²) in [7, 11) is 0. The Hall–Kier alpha value is -0.530. The first-order valence-electron chi connectivity index (χ1n) is 9.61. The van der Waals surface area contributed by atoms with Gasteiger partial charge in [0.25, 0.3) is 0 Å². The Bertz CT molecular complexity index is 347. The van der Waals surface area contributed by atoms with Crippen molar-refractivity contribution in [3.05, 3.63) is 0 Å². The van der Waals surface area contributed by atoms with Crippen LogP contribution in [0, 0.1) is 11.8 Å². The van der Waals surface area contributed by atoms with E-state index in [0.717, 1.165) is 11.8 Å². The van der Waals surface area contributed by atoms with E-state index in [4.69, 9.17) is 5.10 Å². The second-order valence-electron chi connectivity index (χ2n) is 7.85. The predicted octanol–water partition coefficient (Wildman–Crippen LogP) is 5.38. The van der Waals surface area contributed by atoms with Gasteiger partial charge in [0, 0.05) is 23.7 Å². The molecule has 0 amide bonds. The molecule has 3 aliphatic rings. The minimum atomic E-state index is 0.648. The zero-order chi connectivity index (χ0) is 14.7. The van der Waals surface area contributed by atoms with E-state index in [9.17, 15) is 0 Å². The third-order valence-electron chi connectivity index (χ3n) is 6.24. The van der Waals surface area contributed by atoms with Gasteiger partial charge in [-0.15, -0.1) is 0 Å². The summed E-state index contributed by atoms with van der Waals surface area (Å²) in [6.07, 6.45) is 16.9. The Kier molecular flexibility index (Phi) is 5.24. The van der Waals surface area contributed by atoms with Gasteiger partial charge in [0.1, 0.15) is 0 Å². The van der Waals surface area contributed by atoms with Crippen molar-refractivity contribution in [3.8, 4) is 0 Å². The molecule has 0 aromatic rings. The molecule has 0 spiro atoms. The maximum absolute atomic E-state index is 5.26. The molecule has 2 heteroatoms. The lowest BCUT2D eigenvalue weighted by atomic mass is 9.72. The predicted molar refractivity (Wildman–Crippen MR) is 90.6 cm³/mol. The molecule has 3 rings (SSSR count). The third kappa shape index (κ3) is 3.63. The highest BCUT2D eigenvalue weighted by molar-refractivity contribution is 5.87. The monoisotopic (exact) mass is 290 g/mol. The summed E-state index contributed by atoms with van der Waals surface area (Å²) in [5.41, 5.74) is 1.58. The molecular weight excluding hydrogens is 256 g/mol. The summed E-state index contributed by atoms with van der Waals surface area (Å²) in [6.45, 7) is 4.75. The van der Waals surface area contributed by atoms with Gasteiger partial charge < -0.3 is 0 Å². The van der Waals surface area contributed by atoms with Gasteiger partial charge >= 0.3 is 0 Å². The van der Waals surface area contributed by atoms with Crippen molar-refractivity contribution in [2.24, 2.45) is 16.9 Å². The van der Waals surface area contributed by atoms with Crippen LogP contribution in [0.3, 0.4) is 0 Å². The topological polar surface area (TPSA) is 15.6 Å². The number of rotatable bonds is 2.